The molecule has 0 aliphatic carbocycles. The van der Waals surface area contributed by atoms with Gasteiger partial charge >= 0.3 is 0 Å². The Morgan fingerprint density at radius 2 is 1.81 bits per heavy atom. The van der Waals surface area contributed by atoms with Crippen LogP contribution in [0.2, 0.25) is 0 Å². The fraction of sp³-hybridized carbons (Fsp3) is 0.667. The van der Waals surface area contributed by atoms with Crippen LogP contribution in [0.1, 0.15) is 37.4 Å². The first-order valence-corrected chi connectivity index (χ1v) is 8.20. The van der Waals surface area contributed by atoms with Crippen LogP contribution in [-0.4, -0.2) is 55.6 Å². The van der Waals surface area contributed by atoms with Crippen molar-refractivity contribution in [3.8, 4) is 0 Å². The summed E-state index contributed by atoms with van der Waals surface area (Å²) >= 11 is 0. The molecule has 0 bridgehead atoms. The van der Waals surface area contributed by atoms with Crippen LogP contribution in [-0.2, 0) is 0 Å². The number of hydrogen-bond acceptors (Lipinski definition) is 3. The molecular formula is C18H31N3. The first-order valence-electron chi connectivity index (χ1n) is 8.20. The third kappa shape index (κ3) is 4.06. The van der Waals surface area contributed by atoms with Gasteiger partial charge in [0.05, 0.1) is 0 Å². The minimum atomic E-state index is 0.455. The molecule has 3 nitrogen and oxygen atoms in total. The van der Waals surface area contributed by atoms with E-state index >= 15 is 0 Å². The Labute approximate surface area is 130 Å². The molecule has 1 aliphatic rings. The molecule has 0 saturated carbocycles. The first-order chi connectivity index (χ1) is 10.0. The summed E-state index contributed by atoms with van der Waals surface area (Å²) in [6.45, 7) is 10.4. The summed E-state index contributed by atoms with van der Waals surface area (Å²) in [5.41, 5.74) is 2.83. The highest BCUT2D eigenvalue weighted by molar-refractivity contribution is 5.28. The molecule has 0 amide bonds. The Kier molecular flexibility index (Phi) is 5.80. The average molecular weight is 289 g/mol. The molecule has 1 saturated heterocycles. The van der Waals surface area contributed by atoms with Gasteiger partial charge in [0.15, 0.2) is 0 Å². The molecule has 118 valence electrons. The topological polar surface area (TPSA) is 18.5 Å². The first kappa shape index (κ1) is 16.5. The Bertz CT molecular complexity index is 434. The van der Waals surface area contributed by atoms with E-state index in [2.05, 4.69) is 74.2 Å². The van der Waals surface area contributed by atoms with Crippen molar-refractivity contribution in [2.75, 3.05) is 33.7 Å². The van der Waals surface area contributed by atoms with E-state index in [-0.39, 0.29) is 0 Å². The summed E-state index contributed by atoms with van der Waals surface area (Å²) in [6.07, 6.45) is 1.17. The zero-order valence-corrected chi connectivity index (χ0v) is 14.3. The van der Waals surface area contributed by atoms with Gasteiger partial charge in [0.2, 0.25) is 0 Å². The Morgan fingerprint density at radius 1 is 1.19 bits per heavy atom. The van der Waals surface area contributed by atoms with Crippen LogP contribution >= 0.6 is 0 Å². The van der Waals surface area contributed by atoms with Crippen molar-refractivity contribution in [3.63, 3.8) is 0 Å². The maximum atomic E-state index is 3.49. The smallest absolute Gasteiger partial charge is 0.0332 e. The monoisotopic (exact) mass is 289 g/mol. The number of likely N-dealkylation sites (N-methyl/N-ethyl adjacent to an activating group) is 1. The third-order valence-corrected chi connectivity index (χ3v) is 5.08. The number of rotatable bonds is 5. The Morgan fingerprint density at radius 3 is 2.38 bits per heavy atom. The molecule has 1 N–H and O–H groups in total. The highest BCUT2D eigenvalue weighted by atomic mass is 15.3. The molecule has 21 heavy (non-hydrogen) atoms. The molecule has 0 radical (unpaired) electrons. The summed E-state index contributed by atoms with van der Waals surface area (Å²) in [5.74, 6) is 0. The summed E-state index contributed by atoms with van der Waals surface area (Å²) in [7, 11) is 4.32. The van der Waals surface area contributed by atoms with Gasteiger partial charge in [0.1, 0.15) is 0 Å². The van der Waals surface area contributed by atoms with Crippen LogP contribution in [0, 0.1) is 6.92 Å². The molecule has 3 heteroatoms. The molecular weight excluding hydrogens is 258 g/mol. The van der Waals surface area contributed by atoms with E-state index in [1.165, 1.54) is 37.2 Å². The second-order valence-corrected chi connectivity index (χ2v) is 6.61. The van der Waals surface area contributed by atoms with Crippen LogP contribution in [0.4, 0.5) is 0 Å². The fourth-order valence-electron chi connectivity index (χ4n) is 3.44. The second-order valence-electron chi connectivity index (χ2n) is 6.61. The number of nitrogens with zero attached hydrogens (tertiary/aromatic N) is 2. The van der Waals surface area contributed by atoms with Gasteiger partial charge in [-0.2, -0.15) is 0 Å². The third-order valence-electron chi connectivity index (χ3n) is 5.08. The lowest BCUT2D eigenvalue weighted by atomic mass is 9.98. The Hall–Kier alpha value is -0.900. The lowest BCUT2D eigenvalue weighted by Gasteiger charge is -2.42. The highest BCUT2D eigenvalue weighted by Gasteiger charge is 2.26. The molecule has 0 spiro atoms. The van der Waals surface area contributed by atoms with E-state index in [9.17, 15) is 0 Å². The Balaban J connectivity index is 1.93. The minimum absolute atomic E-state index is 0.455. The van der Waals surface area contributed by atoms with E-state index in [0.717, 1.165) is 0 Å². The molecule has 0 aromatic heterocycles. The molecule has 1 fully saturated rings. The van der Waals surface area contributed by atoms with Crippen molar-refractivity contribution in [1.29, 1.82) is 0 Å². The zero-order valence-electron chi connectivity index (χ0n) is 14.3. The normalized spacial score (nSPS) is 26.0. The van der Waals surface area contributed by atoms with Gasteiger partial charge in [0, 0.05) is 37.8 Å². The lowest BCUT2D eigenvalue weighted by molar-refractivity contribution is 0.0579. The zero-order chi connectivity index (χ0) is 15.4. The largest absolute Gasteiger partial charge is 0.313 e. The van der Waals surface area contributed by atoms with Gasteiger partial charge < -0.3 is 10.2 Å². The van der Waals surface area contributed by atoms with Crippen molar-refractivity contribution in [2.24, 2.45) is 0 Å². The summed E-state index contributed by atoms with van der Waals surface area (Å²) in [6, 6.07) is 10.5. The average Bonchev–Trinajstić information content (AvgIpc) is 2.47. The van der Waals surface area contributed by atoms with Gasteiger partial charge in [-0.05, 0) is 52.4 Å². The summed E-state index contributed by atoms with van der Waals surface area (Å²) in [5, 5.41) is 3.49. The summed E-state index contributed by atoms with van der Waals surface area (Å²) < 4.78 is 0. The van der Waals surface area contributed by atoms with Gasteiger partial charge in [0.25, 0.3) is 0 Å². The number of hydrogen-bond donors (Lipinski definition) is 1. The van der Waals surface area contributed by atoms with Crippen LogP contribution in [0.25, 0.3) is 0 Å². The highest BCUT2D eigenvalue weighted by Crippen LogP contribution is 2.22. The maximum Gasteiger partial charge on any atom is 0.0332 e. The van der Waals surface area contributed by atoms with Crippen LogP contribution in [0.15, 0.2) is 24.3 Å². The quantitative estimate of drug-likeness (QED) is 0.899. The lowest BCUT2D eigenvalue weighted by Crippen LogP contribution is -2.55. The van der Waals surface area contributed by atoms with E-state index in [1.54, 1.807) is 0 Å². The second kappa shape index (κ2) is 7.39. The minimum Gasteiger partial charge on any atom is -0.313 e. The van der Waals surface area contributed by atoms with Gasteiger partial charge in [-0.25, -0.2) is 0 Å². The number of piperazine rings is 1. The van der Waals surface area contributed by atoms with Gasteiger partial charge in [-0.1, -0.05) is 24.3 Å². The number of benzene rings is 1. The van der Waals surface area contributed by atoms with E-state index < -0.39 is 0 Å². The van der Waals surface area contributed by atoms with Crippen molar-refractivity contribution < 1.29 is 0 Å². The van der Waals surface area contributed by atoms with Crippen molar-refractivity contribution in [3.05, 3.63) is 35.4 Å². The van der Waals surface area contributed by atoms with Gasteiger partial charge in [-0.3, -0.25) is 4.90 Å². The number of aryl methyl sites for hydroxylation is 1. The predicted octanol–water partition coefficient (Wildman–Crippen LogP) is 2.67. The molecule has 1 aromatic rings. The standard InChI is InChI=1S/C18H31N3/c1-14-8-6-7-9-17(14)18(19-4)10-11-21-12-15(2)20(5)16(3)13-21/h6-9,15-16,18-19H,10-13H2,1-5H3. The van der Waals surface area contributed by atoms with E-state index in [4.69, 9.17) is 0 Å². The van der Waals surface area contributed by atoms with Crippen molar-refractivity contribution in [2.45, 2.75) is 45.3 Å². The molecule has 1 heterocycles. The molecule has 3 atom stereocenters. The van der Waals surface area contributed by atoms with Crippen LogP contribution in [0.3, 0.4) is 0 Å². The fourth-order valence-corrected chi connectivity index (χ4v) is 3.44. The van der Waals surface area contributed by atoms with Crippen LogP contribution < -0.4 is 5.32 Å². The molecule has 1 aliphatic heterocycles. The van der Waals surface area contributed by atoms with Gasteiger partial charge in [-0.15, -0.1) is 0 Å². The van der Waals surface area contributed by atoms with Crippen molar-refractivity contribution >= 4 is 0 Å². The predicted molar refractivity (Wildman–Crippen MR) is 90.7 cm³/mol. The van der Waals surface area contributed by atoms with E-state index in [0.29, 0.717) is 18.1 Å². The molecule has 1 aromatic carbocycles. The number of nitrogens with one attached hydrogen (secondary N) is 1. The van der Waals surface area contributed by atoms with Crippen molar-refractivity contribution in [1.82, 2.24) is 15.1 Å². The van der Waals surface area contributed by atoms with E-state index in [1.807, 2.05) is 0 Å². The summed E-state index contributed by atoms with van der Waals surface area (Å²) in [4.78, 5) is 5.12. The SMILES string of the molecule is CNC(CCN1CC(C)N(C)C(C)C1)c1ccccc1C. The molecule has 3 unspecified atom stereocenters. The molecule has 2 rings (SSSR count). The van der Waals surface area contributed by atoms with Crippen LogP contribution in [0.5, 0.6) is 0 Å². The maximum absolute atomic E-state index is 3.49.